The van der Waals surface area contributed by atoms with E-state index in [1.54, 1.807) is 0 Å². The SMILES string of the molecule is [2H]c1cc([2H])c2c(C(=O)OC3CC4CCC(C3)N4C)c[nH]c2c1[2H]. The van der Waals surface area contributed by atoms with Crippen molar-refractivity contribution in [1.82, 2.24) is 9.88 Å². The van der Waals surface area contributed by atoms with E-state index in [0.29, 0.717) is 23.0 Å². The number of ether oxygens (including phenoxy) is 1. The van der Waals surface area contributed by atoms with E-state index in [-0.39, 0.29) is 29.8 Å². The van der Waals surface area contributed by atoms with Crippen molar-refractivity contribution >= 4 is 16.9 Å². The molecule has 2 fully saturated rings. The molecular weight excluding hydrogens is 264 g/mol. The molecule has 21 heavy (non-hydrogen) atoms. The number of hydrogen-bond acceptors (Lipinski definition) is 3. The quantitative estimate of drug-likeness (QED) is 0.864. The fraction of sp³-hybridized carbons (Fsp3) is 0.471. The van der Waals surface area contributed by atoms with Gasteiger partial charge in [-0.05, 0) is 25.9 Å². The highest BCUT2D eigenvalue weighted by Crippen LogP contribution is 2.35. The Balaban J connectivity index is 1.60. The van der Waals surface area contributed by atoms with Gasteiger partial charge in [0.25, 0.3) is 0 Å². The van der Waals surface area contributed by atoms with Crippen LogP contribution >= 0.6 is 0 Å². The van der Waals surface area contributed by atoms with Crippen molar-refractivity contribution < 1.29 is 13.6 Å². The number of rotatable bonds is 2. The summed E-state index contributed by atoms with van der Waals surface area (Å²) in [4.78, 5) is 17.9. The summed E-state index contributed by atoms with van der Waals surface area (Å²) in [5.74, 6) is -0.444. The largest absolute Gasteiger partial charge is 0.459 e. The summed E-state index contributed by atoms with van der Waals surface area (Å²) in [5, 5.41) is 0.372. The number of nitrogens with zero attached hydrogens (tertiary/aromatic N) is 1. The summed E-state index contributed by atoms with van der Waals surface area (Å²) in [6.45, 7) is 0. The van der Waals surface area contributed by atoms with Crippen LogP contribution in [0.25, 0.3) is 10.9 Å². The maximum absolute atomic E-state index is 12.6. The van der Waals surface area contributed by atoms with Crippen molar-refractivity contribution in [3.05, 3.63) is 36.0 Å². The molecule has 2 aliphatic heterocycles. The van der Waals surface area contributed by atoms with Crippen LogP contribution in [0.4, 0.5) is 0 Å². The van der Waals surface area contributed by atoms with E-state index in [9.17, 15) is 4.79 Å². The molecule has 2 aliphatic rings. The molecule has 2 bridgehead atoms. The average molecular weight is 287 g/mol. The third kappa shape index (κ3) is 2.14. The minimum atomic E-state index is -0.444. The van der Waals surface area contributed by atoms with Gasteiger partial charge < -0.3 is 14.6 Å². The van der Waals surface area contributed by atoms with E-state index in [1.165, 1.54) is 12.3 Å². The van der Waals surface area contributed by atoms with Crippen molar-refractivity contribution in [3.8, 4) is 0 Å². The first-order valence-electron chi connectivity index (χ1n) is 8.96. The van der Waals surface area contributed by atoms with Crippen LogP contribution in [-0.2, 0) is 4.74 Å². The van der Waals surface area contributed by atoms with Gasteiger partial charge in [-0.15, -0.1) is 0 Å². The Labute approximate surface area is 128 Å². The first-order chi connectivity index (χ1) is 11.5. The van der Waals surface area contributed by atoms with Crippen LogP contribution in [0.15, 0.2) is 30.4 Å². The number of piperidine rings is 1. The topological polar surface area (TPSA) is 45.3 Å². The van der Waals surface area contributed by atoms with E-state index in [1.807, 2.05) is 0 Å². The van der Waals surface area contributed by atoms with Crippen molar-refractivity contribution in [3.63, 3.8) is 0 Å². The summed E-state index contributed by atoms with van der Waals surface area (Å²) in [6, 6.07) is 2.32. The van der Waals surface area contributed by atoms with Crippen molar-refractivity contribution in [2.45, 2.75) is 43.9 Å². The fourth-order valence-electron chi connectivity index (χ4n) is 3.72. The fourth-order valence-corrected chi connectivity index (χ4v) is 3.72. The molecule has 0 radical (unpaired) electrons. The van der Waals surface area contributed by atoms with Gasteiger partial charge in [0, 0.05) is 42.0 Å². The van der Waals surface area contributed by atoms with Crippen LogP contribution in [0.5, 0.6) is 0 Å². The number of benzene rings is 1. The zero-order chi connectivity index (χ0) is 17.0. The van der Waals surface area contributed by atoms with Crippen molar-refractivity contribution in [2.75, 3.05) is 7.05 Å². The maximum Gasteiger partial charge on any atom is 0.340 e. The number of aromatic amines is 1. The number of carbonyl (C=O) groups excluding carboxylic acids is 1. The second-order valence-electron chi connectivity index (χ2n) is 6.06. The van der Waals surface area contributed by atoms with Gasteiger partial charge in [-0.3, -0.25) is 0 Å². The standard InChI is InChI=1S/C17H20N2O2/c1-19-11-6-7-12(19)9-13(8-11)21-17(20)15-10-18-16-5-3-2-4-14(15)16/h2-5,10-13,18H,6-9H2,1H3/i3D,4D,5D. The van der Waals surface area contributed by atoms with Crippen LogP contribution in [-0.4, -0.2) is 41.1 Å². The minimum absolute atomic E-state index is 0.00242. The zero-order valence-electron chi connectivity index (χ0n) is 15.0. The number of H-pyrrole nitrogens is 1. The Morgan fingerprint density at radius 2 is 2.14 bits per heavy atom. The molecule has 1 N–H and O–H groups in total. The van der Waals surface area contributed by atoms with Gasteiger partial charge in [0.1, 0.15) is 6.10 Å². The van der Waals surface area contributed by atoms with Crippen molar-refractivity contribution in [2.24, 2.45) is 0 Å². The van der Waals surface area contributed by atoms with E-state index >= 15 is 0 Å². The Kier molecular flexibility index (Phi) is 2.33. The molecule has 2 saturated heterocycles. The molecule has 2 unspecified atom stereocenters. The highest BCUT2D eigenvalue weighted by molar-refractivity contribution is 6.04. The third-order valence-electron chi connectivity index (χ3n) is 4.91. The van der Waals surface area contributed by atoms with Gasteiger partial charge >= 0.3 is 5.97 Å². The van der Waals surface area contributed by atoms with Crippen LogP contribution in [0, 0.1) is 0 Å². The second kappa shape index (κ2) is 4.88. The monoisotopic (exact) mass is 287 g/mol. The molecule has 2 aromatic rings. The van der Waals surface area contributed by atoms with Gasteiger partial charge in [0.05, 0.1) is 9.68 Å². The lowest BCUT2D eigenvalue weighted by atomic mass is 10.0. The number of esters is 1. The molecule has 0 saturated carbocycles. The van der Waals surface area contributed by atoms with Gasteiger partial charge in [0.15, 0.2) is 0 Å². The smallest absolute Gasteiger partial charge is 0.340 e. The molecule has 4 rings (SSSR count). The molecule has 1 aromatic heterocycles. The Hall–Kier alpha value is -1.81. The summed E-state index contributed by atoms with van der Waals surface area (Å²) in [7, 11) is 2.14. The summed E-state index contributed by atoms with van der Waals surface area (Å²) in [6.07, 6.45) is 5.44. The predicted molar refractivity (Wildman–Crippen MR) is 81.3 cm³/mol. The highest BCUT2D eigenvalue weighted by Gasteiger charge is 2.40. The normalized spacial score (nSPS) is 30.9. The van der Waals surface area contributed by atoms with E-state index in [0.717, 1.165) is 25.7 Å². The second-order valence-corrected chi connectivity index (χ2v) is 6.06. The Bertz CT molecular complexity index is 806. The zero-order valence-corrected chi connectivity index (χ0v) is 12.0. The highest BCUT2D eigenvalue weighted by atomic mass is 16.5. The third-order valence-corrected chi connectivity index (χ3v) is 4.91. The number of aromatic nitrogens is 1. The number of para-hydroxylation sites is 1. The van der Waals surface area contributed by atoms with Gasteiger partial charge in [0.2, 0.25) is 0 Å². The van der Waals surface area contributed by atoms with Crippen LogP contribution < -0.4 is 0 Å². The molecule has 0 spiro atoms. The molecule has 3 heterocycles. The van der Waals surface area contributed by atoms with Crippen molar-refractivity contribution in [1.29, 1.82) is 0 Å². The molecule has 110 valence electrons. The molecule has 4 heteroatoms. The lowest BCUT2D eigenvalue weighted by Gasteiger charge is -2.35. The van der Waals surface area contributed by atoms with E-state index in [2.05, 4.69) is 16.9 Å². The van der Waals surface area contributed by atoms with Crippen LogP contribution in [0.3, 0.4) is 0 Å². The Morgan fingerprint density at radius 1 is 1.38 bits per heavy atom. The summed E-state index contributed by atoms with van der Waals surface area (Å²) >= 11 is 0. The molecule has 4 nitrogen and oxygen atoms in total. The number of nitrogens with one attached hydrogen (secondary N) is 1. The van der Waals surface area contributed by atoms with Gasteiger partial charge in [-0.1, -0.05) is 18.2 Å². The molecule has 2 atom stereocenters. The lowest BCUT2D eigenvalue weighted by Crippen LogP contribution is -2.43. The molecule has 0 aliphatic carbocycles. The average Bonchev–Trinajstić information content (AvgIpc) is 3.05. The van der Waals surface area contributed by atoms with Crippen LogP contribution in [0.2, 0.25) is 0 Å². The Morgan fingerprint density at radius 3 is 2.90 bits per heavy atom. The molecule has 0 amide bonds. The summed E-state index contributed by atoms with van der Waals surface area (Å²) in [5.41, 5.74) is 0.637. The number of hydrogen-bond donors (Lipinski definition) is 1. The van der Waals surface area contributed by atoms with Gasteiger partial charge in [-0.2, -0.15) is 0 Å². The minimum Gasteiger partial charge on any atom is -0.459 e. The molecular formula is C17H20N2O2. The maximum atomic E-state index is 12.6. The first kappa shape index (κ1) is 10.0. The predicted octanol–water partition coefficient (Wildman–Crippen LogP) is 2.95. The first-order valence-corrected chi connectivity index (χ1v) is 7.46. The van der Waals surface area contributed by atoms with E-state index in [4.69, 9.17) is 8.85 Å². The van der Waals surface area contributed by atoms with Gasteiger partial charge in [-0.25, -0.2) is 4.79 Å². The lowest BCUT2D eigenvalue weighted by molar-refractivity contribution is -0.000258. The number of fused-ring (bicyclic) bond motifs is 3. The van der Waals surface area contributed by atoms with E-state index < -0.39 is 5.97 Å². The molecule has 1 aromatic carbocycles. The number of carbonyl (C=O) groups is 1. The summed E-state index contributed by atoms with van der Waals surface area (Å²) < 4.78 is 29.4. The van der Waals surface area contributed by atoms with Crippen LogP contribution in [0.1, 0.15) is 40.2 Å².